The molecule has 116 valence electrons. The molecule has 1 fully saturated rings. The molecule has 0 bridgehead atoms. The number of hydrogen-bond acceptors (Lipinski definition) is 5. The van der Waals surface area contributed by atoms with E-state index in [4.69, 9.17) is 9.84 Å². The molecule has 0 radical (unpaired) electrons. The Bertz CT molecular complexity index is 668. The Morgan fingerprint density at radius 3 is 2.57 bits per heavy atom. The van der Waals surface area contributed by atoms with Gasteiger partial charge in [0.25, 0.3) is 0 Å². The van der Waals surface area contributed by atoms with Crippen LogP contribution >= 0.6 is 0 Å². The van der Waals surface area contributed by atoms with Gasteiger partial charge in [-0.05, 0) is 36.6 Å². The van der Waals surface area contributed by atoms with Gasteiger partial charge in [0.15, 0.2) is 9.84 Å². The van der Waals surface area contributed by atoms with Crippen LogP contribution in [-0.4, -0.2) is 39.4 Å². The van der Waals surface area contributed by atoms with Crippen LogP contribution in [0, 0.1) is 12.8 Å². The van der Waals surface area contributed by atoms with Gasteiger partial charge in [0, 0.05) is 18.8 Å². The van der Waals surface area contributed by atoms with Gasteiger partial charge < -0.3 is 15.2 Å². The second-order valence-corrected chi connectivity index (χ2v) is 7.35. The first kappa shape index (κ1) is 15.8. The monoisotopic (exact) mass is 313 g/mol. The third kappa shape index (κ3) is 3.19. The van der Waals surface area contributed by atoms with E-state index in [0.717, 1.165) is 11.8 Å². The summed E-state index contributed by atoms with van der Waals surface area (Å²) in [5.74, 6) is -0.780. The van der Waals surface area contributed by atoms with Crippen molar-refractivity contribution in [1.29, 1.82) is 0 Å². The first-order valence-corrected chi connectivity index (χ1v) is 8.48. The lowest BCUT2D eigenvalue weighted by Crippen LogP contribution is -2.18. The smallest absolute Gasteiger partial charge is 0.307 e. The number of carboxylic acids is 1. The summed E-state index contributed by atoms with van der Waals surface area (Å²) >= 11 is 0. The minimum absolute atomic E-state index is 0.226. The number of methoxy groups -OCH3 is 1. The maximum absolute atomic E-state index is 12.0. The van der Waals surface area contributed by atoms with Crippen LogP contribution in [0.2, 0.25) is 0 Å². The molecule has 2 rings (SSSR count). The van der Waals surface area contributed by atoms with Gasteiger partial charge in [0.1, 0.15) is 5.75 Å². The molecule has 1 saturated heterocycles. The van der Waals surface area contributed by atoms with Gasteiger partial charge in [-0.15, -0.1) is 0 Å². The van der Waals surface area contributed by atoms with Crippen LogP contribution in [-0.2, 0) is 14.6 Å². The molecule has 2 unspecified atom stereocenters. The quantitative estimate of drug-likeness (QED) is 0.866. The topological polar surface area (TPSA) is 92.7 Å². The van der Waals surface area contributed by atoms with Crippen molar-refractivity contribution in [2.45, 2.75) is 24.3 Å². The van der Waals surface area contributed by atoms with E-state index in [2.05, 4.69) is 5.32 Å². The van der Waals surface area contributed by atoms with E-state index >= 15 is 0 Å². The standard InChI is InChI=1S/C14H19NO5S/c1-8-4-13(21(3,18)19)10(6-12(8)20-2)11-5-9(7-15-11)14(16)17/h4,6,9,11,15H,5,7H2,1-3H3,(H,16,17). The van der Waals surface area contributed by atoms with Gasteiger partial charge in [0.05, 0.1) is 17.9 Å². The largest absolute Gasteiger partial charge is 0.496 e. The molecular weight excluding hydrogens is 294 g/mol. The average Bonchev–Trinajstić information content (AvgIpc) is 2.87. The number of sulfone groups is 1. The number of aliphatic carboxylic acids is 1. The molecular formula is C14H19NO5S. The molecule has 2 atom stereocenters. The highest BCUT2D eigenvalue weighted by Gasteiger charge is 2.33. The summed E-state index contributed by atoms with van der Waals surface area (Å²) in [6.45, 7) is 2.11. The van der Waals surface area contributed by atoms with Crippen LogP contribution < -0.4 is 10.1 Å². The highest BCUT2D eigenvalue weighted by molar-refractivity contribution is 7.90. The first-order chi connectivity index (χ1) is 9.74. The molecule has 6 nitrogen and oxygen atoms in total. The van der Waals surface area contributed by atoms with Crippen LogP contribution in [0.25, 0.3) is 0 Å². The number of hydrogen-bond donors (Lipinski definition) is 2. The zero-order valence-corrected chi connectivity index (χ0v) is 13.0. The Kier molecular flexibility index (Phi) is 4.25. The Morgan fingerprint density at radius 1 is 1.43 bits per heavy atom. The molecule has 2 N–H and O–H groups in total. The van der Waals surface area contributed by atoms with Crippen LogP contribution in [0.15, 0.2) is 17.0 Å². The van der Waals surface area contributed by atoms with Crippen molar-refractivity contribution < 1.29 is 23.1 Å². The second-order valence-electron chi connectivity index (χ2n) is 5.36. The van der Waals surface area contributed by atoms with Gasteiger partial charge in [-0.2, -0.15) is 0 Å². The molecule has 0 amide bonds. The zero-order valence-electron chi connectivity index (χ0n) is 12.2. The fourth-order valence-electron chi connectivity index (χ4n) is 2.65. The minimum atomic E-state index is -3.40. The van der Waals surface area contributed by atoms with E-state index in [-0.39, 0.29) is 10.9 Å². The van der Waals surface area contributed by atoms with Crippen molar-refractivity contribution in [2.24, 2.45) is 5.92 Å². The van der Waals surface area contributed by atoms with Gasteiger partial charge >= 0.3 is 5.97 Å². The lowest BCUT2D eigenvalue weighted by molar-refractivity contribution is -0.141. The zero-order chi connectivity index (χ0) is 15.8. The molecule has 1 heterocycles. The fourth-order valence-corrected chi connectivity index (χ4v) is 3.67. The number of rotatable bonds is 4. The highest BCUT2D eigenvalue weighted by Crippen LogP contribution is 2.35. The van der Waals surface area contributed by atoms with E-state index in [1.807, 2.05) is 0 Å². The second kappa shape index (κ2) is 5.65. The van der Waals surface area contributed by atoms with E-state index in [0.29, 0.717) is 24.3 Å². The summed E-state index contributed by atoms with van der Waals surface area (Å²) in [5.41, 5.74) is 1.30. The third-order valence-corrected chi connectivity index (χ3v) is 4.93. The van der Waals surface area contributed by atoms with Crippen molar-refractivity contribution in [3.05, 3.63) is 23.3 Å². The first-order valence-electron chi connectivity index (χ1n) is 6.58. The van der Waals surface area contributed by atoms with Crippen LogP contribution in [0.4, 0.5) is 0 Å². The summed E-state index contributed by atoms with van der Waals surface area (Å²) < 4.78 is 29.2. The molecule has 0 aromatic heterocycles. The molecule has 1 aromatic rings. The normalized spacial score (nSPS) is 22.2. The lowest BCUT2D eigenvalue weighted by Gasteiger charge is -2.18. The van der Waals surface area contributed by atoms with Crippen LogP contribution in [0.3, 0.4) is 0 Å². The summed E-state index contributed by atoms with van der Waals surface area (Å²) in [6, 6.07) is 2.97. The molecule has 7 heteroatoms. The van der Waals surface area contributed by atoms with Gasteiger partial charge in [0.2, 0.25) is 0 Å². The Labute approximate surface area is 124 Å². The Balaban J connectivity index is 2.49. The number of nitrogens with one attached hydrogen (secondary N) is 1. The van der Waals surface area contributed by atoms with E-state index in [9.17, 15) is 13.2 Å². The molecule has 0 spiro atoms. The van der Waals surface area contributed by atoms with Gasteiger partial charge in [-0.1, -0.05) is 0 Å². The van der Waals surface area contributed by atoms with Gasteiger partial charge in [-0.25, -0.2) is 8.42 Å². The van der Waals surface area contributed by atoms with Gasteiger partial charge in [-0.3, -0.25) is 4.79 Å². The summed E-state index contributed by atoms with van der Waals surface area (Å²) in [4.78, 5) is 11.3. The minimum Gasteiger partial charge on any atom is -0.496 e. The predicted molar refractivity (Wildman–Crippen MR) is 77.3 cm³/mol. The molecule has 1 aliphatic heterocycles. The predicted octanol–water partition coefficient (Wildman–Crippen LogP) is 1.14. The maximum atomic E-state index is 12.0. The summed E-state index contributed by atoms with van der Waals surface area (Å²) in [7, 11) is -1.88. The van der Waals surface area contributed by atoms with Crippen molar-refractivity contribution in [2.75, 3.05) is 19.9 Å². The molecule has 0 saturated carbocycles. The fraction of sp³-hybridized carbons (Fsp3) is 0.500. The Morgan fingerprint density at radius 2 is 2.10 bits per heavy atom. The summed E-state index contributed by atoms with van der Waals surface area (Å²) in [5, 5.41) is 12.2. The maximum Gasteiger partial charge on any atom is 0.307 e. The number of ether oxygens (including phenoxy) is 1. The summed E-state index contributed by atoms with van der Waals surface area (Å²) in [6.07, 6.45) is 1.52. The van der Waals surface area contributed by atoms with E-state index < -0.39 is 21.7 Å². The van der Waals surface area contributed by atoms with E-state index in [1.165, 1.54) is 7.11 Å². The molecule has 0 aliphatic carbocycles. The molecule has 21 heavy (non-hydrogen) atoms. The number of carboxylic acid groups (broad SMARTS) is 1. The SMILES string of the molecule is COc1cc(C2CC(C(=O)O)CN2)c(S(C)(=O)=O)cc1C. The number of benzene rings is 1. The molecule has 1 aliphatic rings. The van der Waals surface area contributed by atoms with Crippen molar-refractivity contribution in [3.8, 4) is 5.75 Å². The van der Waals surface area contributed by atoms with Crippen LogP contribution in [0.1, 0.15) is 23.6 Å². The number of aryl methyl sites for hydroxylation is 1. The lowest BCUT2D eigenvalue weighted by atomic mass is 9.99. The van der Waals surface area contributed by atoms with Crippen molar-refractivity contribution in [1.82, 2.24) is 5.32 Å². The van der Waals surface area contributed by atoms with Crippen molar-refractivity contribution >= 4 is 15.8 Å². The van der Waals surface area contributed by atoms with Crippen molar-refractivity contribution in [3.63, 3.8) is 0 Å². The van der Waals surface area contributed by atoms with Crippen LogP contribution in [0.5, 0.6) is 5.75 Å². The average molecular weight is 313 g/mol. The number of carbonyl (C=O) groups is 1. The Hall–Kier alpha value is -1.60. The van der Waals surface area contributed by atoms with E-state index in [1.54, 1.807) is 19.1 Å². The molecule has 1 aromatic carbocycles. The third-order valence-electron chi connectivity index (χ3n) is 3.78. The highest BCUT2D eigenvalue weighted by atomic mass is 32.2.